The van der Waals surface area contributed by atoms with Crippen molar-refractivity contribution in [2.75, 3.05) is 0 Å². The normalized spacial score (nSPS) is 10.6. The van der Waals surface area contributed by atoms with E-state index < -0.39 is 34.7 Å². The van der Waals surface area contributed by atoms with E-state index in [1.807, 2.05) is 0 Å². The molecule has 0 fully saturated rings. The summed E-state index contributed by atoms with van der Waals surface area (Å²) in [6, 6.07) is 6.88. The third-order valence-corrected chi connectivity index (χ3v) is 3.08. The second-order valence-corrected chi connectivity index (χ2v) is 4.46. The molecule has 0 aliphatic carbocycles. The smallest absolute Gasteiger partial charge is 0.254 e. The molecule has 1 amide bonds. The first kappa shape index (κ1) is 16.0. The highest BCUT2D eigenvalue weighted by Gasteiger charge is 2.22. The van der Waals surface area contributed by atoms with Crippen LogP contribution in [0.2, 0.25) is 0 Å². The lowest BCUT2D eigenvalue weighted by atomic mass is 10.1. The first-order valence-electron chi connectivity index (χ1n) is 6.24. The van der Waals surface area contributed by atoms with E-state index in [-0.39, 0.29) is 13.2 Å². The molecule has 0 saturated heterocycles. The van der Waals surface area contributed by atoms with E-state index in [0.29, 0.717) is 17.2 Å². The molecule has 0 unspecified atom stereocenters. The number of carbonyl (C=O) groups is 1. The molecule has 0 radical (unpaired) electrons. The van der Waals surface area contributed by atoms with Gasteiger partial charge in [0.25, 0.3) is 5.91 Å². The zero-order chi connectivity index (χ0) is 16.3. The molecule has 0 saturated carbocycles. The molecule has 22 heavy (non-hydrogen) atoms. The maximum atomic E-state index is 13.5. The third-order valence-electron chi connectivity index (χ3n) is 3.08. The maximum absolute atomic E-state index is 13.5. The van der Waals surface area contributed by atoms with Crippen LogP contribution in [0, 0.1) is 23.3 Å². The van der Waals surface area contributed by atoms with Crippen molar-refractivity contribution in [1.82, 2.24) is 5.32 Å². The molecule has 0 aliphatic heterocycles. The Labute approximate surface area is 123 Å². The van der Waals surface area contributed by atoms with Gasteiger partial charge in [0, 0.05) is 6.54 Å². The minimum Gasteiger partial charge on any atom is -0.392 e. The molecule has 116 valence electrons. The Balaban J connectivity index is 2.20. The van der Waals surface area contributed by atoms with Crippen molar-refractivity contribution in [3.05, 3.63) is 70.3 Å². The Morgan fingerprint density at radius 3 is 2.27 bits per heavy atom. The van der Waals surface area contributed by atoms with Crippen LogP contribution in [-0.4, -0.2) is 11.0 Å². The van der Waals surface area contributed by atoms with Gasteiger partial charge in [0.1, 0.15) is 0 Å². The lowest BCUT2D eigenvalue weighted by Gasteiger charge is -2.10. The molecule has 3 nitrogen and oxygen atoms in total. The van der Waals surface area contributed by atoms with Crippen molar-refractivity contribution in [2.24, 2.45) is 0 Å². The van der Waals surface area contributed by atoms with Gasteiger partial charge in [-0.15, -0.1) is 0 Å². The van der Waals surface area contributed by atoms with Gasteiger partial charge in [0.15, 0.2) is 23.3 Å². The second kappa shape index (κ2) is 6.57. The third kappa shape index (κ3) is 3.09. The van der Waals surface area contributed by atoms with Gasteiger partial charge in [0.2, 0.25) is 0 Å². The Hall–Kier alpha value is -2.41. The lowest BCUT2D eigenvalue weighted by molar-refractivity contribution is 0.0944. The SMILES string of the molecule is O=C(NCc1ccccc1CO)c1cc(F)c(F)c(F)c1F. The molecule has 2 aromatic rings. The lowest BCUT2D eigenvalue weighted by Crippen LogP contribution is -2.25. The molecule has 0 bridgehead atoms. The molecule has 2 N–H and O–H groups in total. The molecule has 2 rings (SSSR count). The van der Waals surface area contributed by atoms with E-state index in [4.69, 9.17) is 5.11 Å². The van der Waals surface area contributed by atoms with Crippen LogP contribution in [0.25, 0.3) is 0 Å². The number of benzene rings is 2. The van der Waals surface area contributed by atoms with Crippen LogP contribution in [0.5, 0.6) is 0 Å². The van der Waals surface area contributed by atoms with Crippen molar-refractivity contribution >= 4 is 5.91 Å². The average Bonchev–Trinajstić information content (AvgIpc) is 2.54. The van der Waals surface area contributed by atoms with Crippen LogP contribution >= 0.6 is 0 Å². The van der Waals surface area contributed by atoms with Crippen LogP contribution in [0.15, 0.2) is 30.3 Å². The number of aliphatic hydroxyl groups is 1. The molecular weight excluding hydrogens is 302 g/mol. The van der Waals surface area contributed by atoms with Crippen molar-refractivity contribution < 1.29 is 27.5 Å². The highest BCUT2D eigenvalue weighted by molar-refractivity contribution is 5.94. The Bertz CT molecular complexity index is 719. The molecule has 0 aliphatic rings. The van der Waals surface area contributed by atoms with Crippen molar-refractivity contribution in [3.63, 3.8) is 0 Å². The maximum Gasteiger partial charge on any atom is 0.254 e. The van der Waals surface area contributed by atoms with E-state index in [2.05, 4.69) is 5.32 Å². The molecular formula is C15H11F4NO2. The van der Waals surface area contributed by atoms with Gasteiger partial charge in [-0.1, -0.05) is 24.3 Å². The Morgan fingerprint density at radius 1 is 1.00 bits per heavy atom. The molecule has 0 heterocycles. The summed E-state index contributed by atoms with van der Waals surface area (Å²) in [6.07, 6.45) is 0. The van der Waals surface area contributed by atoms with E-state index in [0.717, 1.165) is 0 Å². The van der Waals surface area contributed by atoms with Gasteiger partial charge in [-0.25, -0.2) is 17.6 Å². The molecule has 2 aromatic carbocycles. The molecule has 0 aromatic heterocycles. The fourth-order valence-corrected chi connectivity index (χ4v) is 1.89. The van der Waals surface area contributed by atoms with Crippen LogP contribution in [0.4, 0.5) is 17.6 Å². The van der Waals surface area contributed by atoms with E-state index in [9.17, 15) is 22.4 Å². The number of halogens is 4. The van der Waals surface area contributed by atoms with E-state index in [1.54, 1.807) is 24.3 Å². The first-order chi connectivity index (χ1) is 10.5. The predicted molar refractivity (Wildman–Crippen MR) is 69.8 cm³/mol. The number of carbonyl (C=O) groups excluding carboxylic acids is 1. The van der Waals surface area contributed by atoms with Gasteiger partial charge in [0.05, 0.1) is 12.2 Å². The fourth-order valence-electron chi connectivity index (χ4n) is 1.89. The van der Waals surface area contributed by atoms with Crippen LogP contribution in [-0.2, 0) is 13.2 Å². The van der Waals surface area contributed by atoms with Crippen molar-refractivity contribution in [3.8, 4) is 0 Å². The van der Waals surface area contributed by atoms with Crippen molar-refractivity contribution in [2.45, 2.75) is 13.2 Å². The molecule has 0 atom stereocenters. The van der Waals surface area contributed by atoms with Gasteiger partial charge in [-0.2, -0.15) is 0 Å². The summed E-state index contributed by atoms with van der Waals surface area (Å²) in [5, 5.41) is 11.4. The predicted octanol–water partition coefficient (Wildman–Crippen LogP) is 2.67. The van der Waals surface area contributed by atoms with E-state index in [1.165, 1.54) is 0 Å². The summed E-state index contributed by atoms with van der Waals surface area (Å²) in [5.41, 5.74) is 0.166. The number of amides is 1. The summed E-state index contributed by atoms with van der Waals surface area (Å²) in [5.74, 6) is -8.52. The van der Waals surface area contributed by atoms with Gasteiger partial charge < -0.3 is 10.4 Å². The summed E-state index contributed by atoms with van der Waals surface area (Å²) < 4.78 is 52.5. The highest BCUT2D eigenvalue weighted by atomic mass is 19.2. The monoisotopic (exact) mass is 313 g/mol. The fraction of sp³-hybridized carbons (Fsp3) is 0.133. The summed E-state index contributed by atoms with van der Waals surface area (Å²) in [7, 11) is 0. The summed E-state index contributed by atoms with van der Waals surface area (Å²) in [6.45, 7) is -0.351. The van der Waals surface area contributed by atoms with Crippen LogP contribution in [0.1, 0.15) is 21.5 Å². The van der Waals surface area contributed by atoms with Gasteiger partial charge in [-0.05, 0) is 17.2 Å². The quantitative estimate of drug-likeness (QED) is 0.518. The van der Waals surface area contributed by atoms with Crippen LogP contribution < -0.4 is 5.32 Å². The van der Waals surface area contributed by atoms with Crippen LogP contribution in [0.3, 0.4) is 0 Å². The number of nitrogens with one attached hydrogen (secondary N) is 1. The van der Waals surface area contributed by atoms with E-state index >= 15 is 0 Å². The Morgan fingerprint density at radius 2 is 1.64 bits per heavy atom. The van der Waals surface area contributed by atoms with Gasteiger partial charge in [-0.3, -0.25) is 4.79 Å². The number of hydrogen-bond acceptors (Lipinski definition) is 2. The summed E-state index contributed by atoms with van der Waals surface area (Å²) in [4.78, 5) is 11.8. The summed E-state index contributed by atoms with van der Waals surface area (Å²) >= 11 is 0. The molecule has 0 spiro atoms. The zero-order valence-corrected chi connectivity index (χ0v) is 11.2. The first-order valence-corrected chi connectivity index (χ1v) is 6.24. The number of rotatable bonds is 4. The number of aliphatic hydroxyl groups excluding tert-OH is 1. The Kier molecular flexibility index (Phi) is 4.77. The van der Waals surface area contributed by atoms with Gasteiger partial charge >= 0.3 is 0 Å². The minimum absolute atomic E-state index is 0.0877. The highest BCUT2D eigenvalue weighted by Crippen LogP contribution is 2.19. The molecule has 7 heteroatoms. The second-order valence-electron chi connectivity index (χ2n) is 4.46. The largest absolute Gasteiger partial charge is 0.392 e. The standard InChI is InChI=1S/C15H11F4NO2/c16-11-5-10(12(17)14(19)13(11)18)15(22)20-6-8-3-1-2-4-9(8)7-21/h1-5,21H,6-7H2,(H,20,22). The topological polar surface area (TPSA) is 49.3 Å². The minimum atomic E-state index is -2.04. The number of hydrogen-bond donors (Lipinski definition) is 2. The average molecular weight is 313 g/mol. The zero-order valence-electron chi connectivity index (χ0n) is 11.2. The van der Waals surface area contributed by atoms with Crippen molar-refractivity contribution in [1.29, 1.82) is 0 Å².